The number of benzene rings is 1. The molecule has 1 amide bonds. The maximum absolute atomic E-state index is 12.8. The Labute approximate surface area is 144 Å². The molecule has 1 heterocycles. The number of hydrogen-bond donors (Lipinski definition) is 1. The summed E-state index contributed by atoms with van der Waals surface area (Å²) in [7, 11) is -1.93. The first-order valence-corrected chi connectivity index (χ1v) is 9.87. The quantitative estimate of drug-likeness (QED) is 0.760. The molecule has 0 aliphatic carbocycles. The van der Waals surface area contributed by atoms with Crippen LogP contribution in [0.25, 0.3) is 0 Å². The Bertz CT molecular complexity index is 638. The van der Waals surface area contributed by atoms with E-state index in [4.69, 9.17) is 4.74 Å². The summed E-state index contributed by atoms with van der Waals surface area (Å²) in [5.74, 6) is -0.265. The molecule has 0 unspecified atom stereocenters. The van der Waals surface area contributed by atoms with E-state index in [1.165, 1.54) is 10.4 Å². The molecule has 0 atom stereocenters. The fraction of sp³-hybridized carbons (Fsp3) is 0.588. The van der Waals surface area contributed by atoms with Crippen LogP contribution in [0.2, 0.25) is 0 Å². The van der Waals surface area contributed by atoms with Gasteiger partial charge in [-0.05, 0) is 37.5 Å². The topological polar surface area (TPSA) is 75.7 Å². The van der Waals surface area contributed by atoms with Crippen LogP contribution in [0.5, 0.6) is 0 Å². The third-order valence-electron chi connectivity index (χ3n) is 4.11. The zero-order chi connectivity index (χ0) is 17.4. The Morgan fingerprint density at radius 2 is 1.92 bits per heavy atom. The first-order valence-electron chi connectivity index (χ1n) is 8.43. The van der Waals surface area contributed by atoms with E-state index < -0.39 is 10.0 Å². The fourth-order valence-corrected chi connectivity index (χ4v) is 4.31. The van der Waals surface area contributed by atoms with Gasteiger partial charge in [0.25, 0.3) is 5.91 Å². The summed E-state index contributed by atoms with van der Waals surface area (Å²) in [6.07, 6.45) is 4.62. The van der Waals surface area contributed by atoms with Gasteiger partial charge in [0, 0.05) is 38.9 Å². The van der Waals surface area contributed by atoms with Crippen molar-refractivity contribution in [3.8, 4) is 0 Å². The lowest BCUT2D eigenvalue weighted by atomic mass is 10.2. The number of carbonyl (C=O) groups is 1. The zero-order valence-electron chi connectivity index (χ0n) is 14.2. The summed E-state index contributed by atoms with van der Waals surface area (Å²) in [5, 5.41) is 2.77. The van der Waals surface area contributed by atoms with Gasteiger partial charge in [-0.15, -0.1) is 0 Å². The van der Waals surface area contributed by atoms with Gasteiger partial charge in [-0.25, -0.2) is 8.42 Å². The van der Waals surface area contributed by atoms with E-state index >= 15 is 0 Å². The molecule has 1 aromatic carbocycles. The van der Waals surface area contributed by atoms with E-state index in [1.807, 2.05) is 0 Å². The second kappa shape index (κ2) is 9.15. The summed E-state index contributed by atoms with van der Waals surface area (Å²) < 4.78 is 32.1. The molecule has 0 aromatic heterocycles. The normalized spacial score (nSPS) is 16.5. The maximum atomic E-state index is 12.8. The van der Waals surface area contributed by atoms with Crippen LogP contribution in [0.4, 0.5) is 0 Å². The minimum absolute atomic E-state index is 0.189. The van der Waals surface area contributed by atoms with Gasteiger partial charge < -0.3 is 10.1 Å². The standard InChI is InChI=1S/C17H26N2O4S/c1-23-13-7-10-18-17(20)15-8-6-9-16(14-15)24(21,22)19-11-4-2-3-5-12-19/h6,8-9,14H,2-5,7,10-13H2,1H3,(H,18,20). The molecular formula is C17H26N2O4S. The average Bonchev–Trinajstić information content (AvgIpc) is 2.88. The van der Waals surface area contributed by atoms with Gasteiger partial charge in [-0.1, -0.05) is 18.9 Å². The molecule has 1 aliphatic heterocycles. The van der Waals surface area contributed by atoms with Crippen molar-refractivity contribution in [3.05, 3.63) is 29.8 Å². The van der Waals surface area contributed by atoms with Gasteiger partial charge in [0.05, 0.1) is 4.90 Å². The van der Waals surface area contributed by atoms with Crippen molar-refractivity contribution < 1.29 is 17.9 Å². The third-order valence-corrected chi connectivity index (χ3v) is 6.00. The van der Waals surface area contributed by atoms with E-state index in [0.29, 0.717) is 38.2 Å². The molecule has 1 saturated heterocycles. The van der Waals surface area contributed by atoms with E-state index in [0.717, 1.165) is 25.7 Å². The molecule has 1 aliphatic rings. The molecular weight excluding hydrogens is 328 g/mol. The molecule has 1 aromatic rings. The van der Waals surface area contributed by atoms with E-state index in [1.54, 1.807) is 25.3 Å². The van der Waals surface area contributed by atoms with Crippen LogP contribution >= 0.6 is 0 Å². The van der Waals surface area contributed by atoms with Crippen molar-refractivity contribution >= 4 is 15.9 Å². The number of amides is 1. The largest absolute Gasteiger partial charge is 0.385 e. The number of hydrogen-bond acceptors (Lipinski definition) is 4. The number of ether oxygens (including phenoxy) is 1. The highest BCUT2D eigenvalue weighted by Gasteiger charge is 2.25. The van der Waals surface area contributed by atoms with Crippen LogP contribution in [0, 0.1) is 0 Å². The lowest BCUT2D eigenvalue weighted by Crippen LogP contribution is -2.32. The molecule has 1 fully saturated rings. The minimum atomic E-state index is -3.54. The number of sulfonamides is 1. The van der Waals surface area contributed by atoms with Crippen LogP contribution in [0.15, 0.2) is 29.2 Å². The zero-order valence-corrected chi connectivity index (χ0v) is 15.0. The van der Waals surface area contributed by atoms with Gasteiger partial charge in [-0.2, -0.15) is 4.31 Å². The Morgan fingerprint density at radius 1 is 1.21 bits per heavy atom. The van der Waals surface area contributed by atoms with Gasteiger partial charge in [0.15, 0.2) is 0 Å². The van der Waals surface area contributed by atoms with Gasteiger partial charge in [-0.3, -0.25) is 4.79 Å². The Hall–Kier alpha value is -1.44. The van der Waals surface area contributed by atoms with Crippen molar-refractivity contribution in [2.75, 3.05) is 33.4 Å². The SMILES string of the molecule is COCCCNC(=O)c1cccc(S(=O)(=O)N2CCCCCC2)c1. The summed E-state index contributed by atoms with van der Waals surface area (Å²) in [6.45, 7) is 2.17. The second-order valence-electron chi connectivity index (χ2n) is 5.95. The van der Waals surface area contributed by atoms with E-state index in [2.05, 4.69) is 5.32 Å². The molecule has 0 spiro atoms. The van der Waals surface area contributed by atoms with Crippen molar-refractivity contribution in [1.29, 1.82) is 0 Å². The van der Waals surface area contributed by atoms with Crippen LogP contribution in [-0.2, 0) is 14.8 Å². The molecule has 0 saturated carbocycles. The molecule has 24 heavy (non-hydrogen) atoms. The number of methoxy groups -OCH3 is 1. The fourth-order valence-electron chi connectivity index (χ4n) is 2.75. The summed E-state index contributed by atoms with van der Waals surface area (Å²) in [4.78, 5) is 12.3. The van der Waals surface area contributed by atoms with Crippen LogP contribution in [0.1, 0.15) is 42.5 Å². The number of nitrogens with one attached hydrogen (secondary N) is 1. The predicted molar refractivity (Wildman–Crippen MR) is 92.5 cm³/mol. The minimum Gasteiger partial charge on any atom is -0.385 e. The van der Waals surface area contributed by atoms with Crippen molar-refractivity contribution in [1.82, 2.24) is 9.62 Å². The lowest BCUT2D eigenvalue weighted by molar-refractivity contribution is 0.0948. The lowest BCUT2D eigenvalue weighted by Gasteiger charge is -2.20. The maximum Gasteiger partial charge on any atom is 0.251 e. The number of nitrogens with zero attached hydrogens (tertiary/aromatic N) is 1. The van der Waals surface area contributed by atoms with Gasteiger partial charge in [0.2, 0.25) is 10.0 Å². The molecule has 1 N–H and O–H groups in total. The highest BCUT2D eigenvalue weighted by Crippen LogP contribution is 2.21. The summed E-state index contributed by atoms with van der Waals surface area (Å²) >= 11 is 0. The molecule has 134 valence electrons. The molecule has 0 radical (unpaired) electrons. The van der Waals surface area contributed by atoms with Crippen LogP contribution < -0.4 is 5.32 Å². The Morgan fingerprint density at radius 3 is 2.58 bits per heavy atom. The Kier molecular flexibility index (Phi) is 7.20. The number of rotatable bonds is 7. The van der Waals surface area contributed by atoms with Crippen molar-refractivity contribution in [3.63, 3.8) is 0 Å². The van der Waals surface area contributed by atoms with Crippen molar-refractivity contribution in [2.24, 2.45) is 0 Å². The highest BCUT2D eigenvalue weighted by atomic mass is 32.2. The van der Waals surface area contributed by atoms with E-state index in [-0.39, 0.29) is 10.8 Å². The van der Waals surface area contributed by atoms with Gasteiger partial charge in [0.1, 0.15) is 0 Å². The van der Waals surface area contributed by atoms with Gasteiger partial charge >= 0.3 is 0 Å². The Balaban J connectivity index is 2.09. The van der Waals surface area contributed by atoms with Crippen molar-refractivity contribution in [2.45, 2.75) is 37.0 Å². The smallest absolute Gasteiger partial charge is 0.251 e. The van der Waals surface area contributed by atoms with E-state index in [9.17, 15) is 13.2 Å². The molecule has 7 heteroatoms. The van der Waals surface area contributed by atoms with Crippen LogP contribution in [-0.4, -0.2) is 52.0 Å². The molecule has 0 bridgehead atoms. The summed E-state index contributed by atoms with van der Waals surface area (Å²) in [6, 6.07) is 6.27. The highest BCUT2D eigenvalue weighted by molar-refractivity contribution is 7.89. The summed E-state index contributed by atoms with van der Waals surface area (Å²) in [5.41, 5.74) is 0.364. The number of carbonyl (C=O) groups excluding carboxylic acids is 1. The second-order valence-corrected chi connectivity index (χ2v) is 7.89. The molecule has 6 nitrogen and oxygen atoms in total. The average molecular weight is 354 g/mol. The third kappa shape index (κ3) is 5.03. The monoisotopic (exact) mass is 354 g/mol. The first kappa shape index (κ1) is 18.9. The predicted octanol–water partition coefficient (Wildman–Crippen LogP) is 2.02. The first-order chi connectivity index (χ1) is 11.6. The molecule has 2 rings (SSSR count). The van der Waals surface area contributed by atoms with Crippen LogP contribution in [0.3, 0.4) is 0 Å².